The van der Waals surface area contributed by atoms with Gasteiger partial charge in [0.1, 0.15) is 0 Å². The maximum absolute atomic E-state index is 12.8. The molecule has 0 radical (unpaired) electrons. The maximum Gasteiger partial charge on any atom is 0.240 e. The molecule has 0 saturated heterocycles. The molecule has 0 heterocycles. The Balaban J connectivity index is 1.73. The molecule has 4 nitrogen and oxygen atoms in total. The fourth-order valence-corrected chi connectivity index (χ4v) is 5.81. The summed E-state index contributed by atoms with van der Waals surface area (Å²) in [7, 11) is -1.32. The number of hydrogen-bond acceptors (Lipinski definition) is 3. The molecular formula is C19H29ClN2O2S. The SMILES string of the molecule is CN(C1CCCCC1)[C@@H]1CCCC[C@@H]1NS(=O)(=O)c1ccc(Cl)cc1. The van der Waals surface area contributed by atoms with Crippen LogP contribution < -0.4 is 4.72 Å². The summed E-state index contributed by atoms with van der Waals surface area (Å²) < 4.78 is 28.6. The van der Waals surface area contributed by atoms with Crippen LogP contribution in [-0.2, 0) is 10.0 Å². The average Bonchev–Trinajstić information content (AvgIpc) is 2.62. The fraction of sp³-hybridized carbons (Fsp3) is 0.684. The van der Waals surface area contributed by atoms with Crippen molar-refractivity contribution in [3.8, 4) is 0 Å². The van der Waals surface area contributed by atoms with Crippen LogP contribution in [0.3, 0.4) is 0 Å². The van der Waals surface area contributed by atoms with E-state index in [-0.39, 0.29) is 6.04 Å². The highest BCUT2D eigenvalue weighted by molar-refractivity contribution is 7.89. The summed E-state index contributed by atoms with van der Waals surface area (Å²) in [6.45, 7) is 0. The van der Waals surface area contributed by atoms with E-state index in [0.29, 0.717) is 22.0 Å². The number of rotatable bonds is 5. The van der Waals surface area contributed by atoms with Gasteiger partial charge in [-0.25, -0.2) is 13.1 Å². The first-order chi connectivity index (χ1) is 12.0. The number of halogens is 1. The molecule has 2 aliphatic rings. The molecule has 3 rings (SSSR count). The molecule has 0 spiro atoms. The second kappa shape index (κ2) is 8.38. The van der Waals surface area contributed by atoms with E-state index < -0.39 is 10.0 Å². The summed E-state index contributed by atoms with van der Waals surface area (Å²) in [4.78, 5) is 2.76. The van der Waals surface area contributed by atoms with Crippen LogP contribution in [0.15, 0.2) is 29.2 Å². The topological polar surface area (TPSA) is 49.4 Å². The van der Waals surface area contributed by atoms with Crippen LogP contribution in [0.2, 0.25) is 5.02 Å². The van der Waals surface area contributed by atoms with Gasteiger partial charge in [-0.2, -0.15) is 0 Å². The zero-order valence-corrected chi connectivity index (χ0v) is 16.5. The molecule has 140 valence electrons. The largest absolute Gasteiger partial charge is 0.299 e. The Morgan fingerprint density at radius 2 is 1.56 bits per heavy atom. The second-order valence-electron chi connectivity index (χ2n) is 7.49. The molecule has 25 heavy (non-hydrogen) atoms. The van der Waals surface area contributed by atoms with Crippen molar-refractivity contribution in [3.05, 3.63) is 29.3 Å². The molecule has 0 aliphatic heterocycles. The minimum Gasteiger partial charge on any atom is -0.299 e. The Bertz CT molecular complexity index is 657. The predicted molar refractivity (Wildman–Crippen MR) is 102 cm³/mol. The Hall–Kier alpha value is -0.620. The van der Waals surface area contributed by atoms with E-state index in [1.54, 1.807) is 24.3 Å². The maximum atomic E-state index is 12.8. The monoisotopic (exact) mass is 384 g/mol. The lowest BCUT2D eigenvalue weighted by Gasteiger charge is -2.43. The van der Waals surface area contributed by atoms with Crippen molar-refractivity contribution >= 4 is 21.6 Å². The van der Waals surface area contributed by atoms with Gasteiger partial charge in [0.05, 0.1) is 4.90 Å². The van der Waals surface area contributed by atoms with Gasteiger partial charge in [0.25, 0.3) is 0 Å². The summed E-state index contributed by atoms with van der Waals surface area (Å²) in [5, 5.41) is 0.548. The predicted octanol–water partition coefficient (Wildman–Crippen LogP) is 4.19. The van der Waals surface area contributed by atoms with Crippen molar-refractivity contribution in [2.24, 2.45) is 0 Å². The number of hydrogen-bond donors (Lipinski definition) is 1. The van der Waals surface area contributed by atoms with E-state index in [2.05, 4.69) is 16.7 Å². The number of likely N-dealkylation sites (N-methyl/N-ethyl adjacent to an activating group) is 1. The lowest BCUT2D eigenvalue weighted by Crippen LogP contribution is -2.54. The van der Waals surface area contributed by atoms with Gasteiger partial charge in [-0.3, -0.25) is 4.90 Å². The van der Waals surface area contributed by atoms with E-state index in [0.717, 1.165) is 19.3 Å². The minimum absolute atomic E-state index is 0.0126. The second-order valence-corrected chi connectivity index (χ2v) is 9.64. The molecule has 0 amide bonds. The van der Waals surface area contributed by atoms with Crippen LogP contribution >= 0.6 is 11.6 Å². The molecular weight excluding hydrogens is 356 g/mol. The van der Waals surface area contributed by atoms with Gasteiger partial charge in [0, 0.05) is 23.1 Å². The van der Waals surface area contributed by atoms with Gasteiger partial charge in [0.2, 0.25) is 10.0 Å². The summed E-state index contributed by atoms with van der Waals surface area (Å²) in [5.74, 6) is 0. The van der Waals surface area contributed by atoms with E-state index in [1.165, 1.54) is 38.5 Å². The van der Waals surface area contributed by atoms with Crippen molar-refractivity contribution in [2.45, 2.75) is 80.8 Å². The Morgan fingerprint density at radius 1 is 0.960 bits per heavy atom. The molecule has 2 fully saturated rings. The third-order valence-corrected chi connectivity index (χ3v) is 7.59. The summed E-state index contributed by atoms with van der Waals surface area (Å²) in [5.41, 5.74) is 0. The fourth-order valence-electron chi connectivity index (χ4n) is 4.38. The van der Waals surface area contributed by atoms with Crippen LogP contribution in [0.5, 0.6) is 0 Å². The molecule has 1 aromatic carbocycles. The normalized spacial score (nSPS) is 26.0. The van der Waals surface area contributed by atoms with E-state index in [4.69, 9.17) is 11.6 Å². The molecule has 0 unspecified atom stereocenters. The molecule has 0 bridgehead atoms. The van der Waals surface area contributed by atoms with Crippen LogP contribution in [0.25, 0.3) is 0 Å². The zero-order chi connectivity index (χ0) is 17.9. The van der Waals surface area contributed by atoms with E-state index >= 15 is 0 Å². The van der Waals surface area contributed by atoms with Crippen molar-refractivity contribution in [3.63, 3.8) is 0 Å². The minimum atomic E-state index is -3.51. The Labute approximate surface area is 157 Å². The zero-order valence-electron chi connectivity index (χ0n) is 15.0. The molecule has 1 aromatic rings. The Kier molecular flexibility index (Phi) is 6.42. The van der Waals surface area contributed by atoms with Gasteiger partial charge in [0.15, 0.2) is 0 Å². The van der Waals surface area contributed by atoms with Gasteiger partial charge in [-0.15, -0.1) is 0 Å². The van der Waals surface area contributed by atoms with Gasteiger partial charge in [-0.1, -0.05) is 43.7 Å². The van der Waals surface area contributed by atoms with Crippen molar-refractivity contribution < 1.29 is 8.42 Å². The summed E-state index contributed by atoms with van der Waals surface area (Å²) in [6.07, 6.45) is 10.7. The first-order valence-electron chi connectivity index (χ1n) is 9.47. The van der Waals surface area contributed by atoms with Crippen molar-refractivity contribution in [2.75, 3.05) is 7.05 Å². The third kappa shape index (κ3) is 4.76. The summed E-state index contributed by atoms with van der Waals surface area (Å²) >= 11 is 5.88. The highest BCUT2D eigenvalue weighted by atomic mass is 35.5. The van der Waals surface area contributed by atoms with Crippen LogP contribution in [0, 0.1) is 0 Å². The molecule has 6 heteroatoms. The lowest BCUT2D eigenvalue weighted by molar-refractivity contribution is 0.0925. The van der Waals surface area contributed by atoms with Gasteiger partial charge in [-0.05, 0) is 57.0 Å². The highest BCUT2D eigenvalue weighted by Crippen LogP contribution is 2.30. The standard InChI is InChI=1S/C19H29ClN2O2S/c1-22(16-7-3-2-4-8-16)19-10-6-5-9-18(19)21-25(23,24)17-13-11-15(20)12-14-17/h11-14,16,18-19,21H,2-10H2,1H3/t18-,19+/m0/s1. The molecule has 2 atom stereocenters. The number of benzene rings is 1. The van der Waals surface area contributed by atoms with Crippen LogP contribution in [0.1, 0.15) is 57.8 Å². The van der Waals surface area contributed by atoms with Gasteiger partial charge < -0.3 is 0 Å². The number of sulfonamides is 1. The summed E-state index contributed by atoms with van der Waals surface area (Å²) in [6, 6.07) is 7.28. The third-order valence-electron chi connectivity index (χ3n) is 5.83. The lowest BCUT2D eigenvalue weighted by atomic mass is 9.86. The van der Waals surface area contributed by atoms with Crippen LogP contribution in [-0.4, -0.2) is 38.5 Å². The smallest absolute Gasteiger partial charge is 0.240 e. The Morgan fingerprint density at radius 3 is 2.24 bits per heavy atom. The highest BCUT2D eigenvalue weighted by Gasteiger charge is 2.34. The van der Waals surface area contributed by atoms with Crippen molar-refractivity contribution in [1.82, 2.24) is 9.62 Å². The van der Waals surface area contributed by atoms with Gasteiger partial charge >= 0.3 is 0 Å². The van der Waals surface area contributed by atoms with Crippen LogP contribution in [0.4, 0.5) is 0 Å². The van der Waals surface area contributed by atoms with Crippen molar-refractivity contribution in [1.29, 1.82) is 0 Å². The number of nitrogens with one attached hydrogen (secondary N) is 1. The molecule has 0 aromatic heterocycles. The first kappa shape index (κ1) is 19.2. The first-order valence-corrected chi connectivity index (χ1v) is 11.3. The number of nitrogens with zero attached hydrogens (tertiary/aromatic N) is 1. The van der Waals surface area contributed by atoms with E-state index in [1.807, 2.05) is 0 Å². The van der Waals surface area contributed by atoms with E-state index in [9.17, 15) is 8.42 Å². The molecule has 2 aliphatic carbocycles. The molecule has 2 saturated carbocycles. The average molecular weight is 385 g/mol. The quantitative estimate of drug-likeness (QED) is 0.827. The molecule has 1 N–H and O–H groups in total.